The predicted molar refractivity (Wildman–Crippen MR) is 96.3 cm³/mol. The number of fused-ring (bicyclic) bond motifs is 1. The fourth-order valence-electron chi connectivity index (χ4n) is 3.38. The first-order chi connectivity index (χ1) is 12.0. The van der Waals surface area contributed by atoms with Gasteiger partial charge in [-0.15, -0.1) is 0 Å². The zero-order valence-electron chi connectivity index (χ0n) is 13.7. The number of alkyl halides is 3. The summed E-state index contributed by atoms with van der Waals surface area (Å²) in [6, 6.07) is 1.93. The standard InChI is InChI=1S/C15H16ClF3N2O3S2/c1-24-5-4-20-12-7-26(22,23)8-13(12)21(14(20)25)11-6-9(15(17,18)19)2-3-10(11)16/h2-3,6,12-13H,4-5,7-8H2,1H3. The Hall–Kier alpha value is -1.10. The Labute approximate surface area is 159 Å². The molecule has 2 fully saturated rings. The van der Waals surface area contributed by atoms with Crippen LogP contribution in [0.3, 0.4) is 0 Å². The summed E-state index contributed by atoms with van der Waals surface area (Å²) in [7, 11) is -1.82. The van der Waals surface area contributed by atoms with E-state index in [2.05, 4.69) is 0 Å². The number of thiocarbonyl (C=S) groups is 1. The van der Waals surface area contributed by atoms with Gasteiger partial charge < -0.3 is 14.5 Å². The second kappa shape index (κ2) is 6.81. The second-order valence-corrected chi connectivity index (χ2v) is 9.14. The van der Waals surface area contributed by atoms with Crippen LogP contribution in [0.4, 0.5) is 18.9 Å². The maximum Gasteiger partial charge on any atom is 0.416 e. The summed E-state index contributed by atoms with van der Waals surface area (Å²) in [6.07, 6.45) is -4.54. The quantitative estimate of drug-likeness (QED) is 0.687. The predicted octanol–water partition coefficient (Wildman–Crippen LogP) is 2.58. The van der Waals surface area contributed by atoms with E-state index in [4.69, 9.17) is 28.6 Å². The fraction of sp³-hybridized carbons (Fsp3) is 0.533. The average Bonchev–Trinajstić information content (AvgIpc) is 2.95. The maximum absolute atomic E-state index is 13.1. The molecule has 0 amide bonds. The third kappa shape index (κ3) is 3.51. The molecule has 2 atom stereocenters. The number of benzene rings is 1. The normalized spacial score (nSPS) is 25.0. The second-order valence-electron chi connectivity index (χ2n) is 6.21. The molecule has 0 bridgehead atoms. The SMILES string of the molecule is COCCN1C(=S)N(c2cc(C(F)(F)F)ccc2Cl)C2CS(=O)(=O)CC21. The van der Waals surface area contributed by atoms with Gasteiger partial charge in [0.2, 0.25) is 0 Å². The number of hydrogen-bond acceptors (Lipinski definition) is 4. The van der Waals surface area contributed by atoms with Crippen LogP contribution in [0.25, 0.3) is 0 Å². The van der Waals surface area contributed by atoms with Gasteiger partial charge in [0, 0.05) is 13.7 Å². The minimum absolute atomic E-state index is 0.0681. The van der Waals surface area contributed by atoms with Crippen molar-refractivity contribution in [3.8, 4) is 0 Å². The lowest BCUT2D eigenvalue weighted by Gasteiger charge is -2.26. The van der Waals surface area contributed by atoms with Crippen LogP contribution in [0.15, 0.2) is 18.2 Å². The minimum Gasteiger partial charge on any atom is -0.383 e. The van der Waals surface area contributed by atoms with Gasteiger partial charge in [-0.25, -0.2) is 8.42 Å². The molecular formula is C15H16ClF3N2O3S2. The first kappa shape index (κ1) is 19.7. The molecule has 2 unspecified atom stereocenters. The lowest BCUT2D eigenvalue weighted by molar-refractivity contribution is -0.137. The van der Waals surface area contributed by atoms with Gasteiger partial charge in [0.1, 0.15) is 0 Å². The van der Waals surface area contributed by atoms with E-state index in [-0.39, 0.29) is 27.3 Å². The number of anilines is 1. The van der Waals surface area contributed by atoms with E-state index >= 15 is 0 Å². The largest absolute Gasteiger partial charge is 0.416 e. The molecule has 2 aliphatic heterocycles. The van der Waals surface area contributed by atoms with Crippen LogP contribution in [-0.4, -0.2) is 62.3 Å². The molecule has 26 heavy (non-hydrogen) atoms. The molecular weight excluding hydrogens is 413 g/mol. The Morgan fingerprint density at radius 3 is 2.58 bits per heavy atom. The highest BCUT2D eigenvalue weighted by molar-refractivity contribution is 7.91. The number of hydrogen-bond donors (Lipinski definition) is 0. The first-order valence-corrected chi connectivity index (χ1v) is 10.3. The minimum atomic E-state index is -4.54. The topological polar surface area (TPSA) is 49.9 Å². The Morgan fingerprint density at radius 1 is 1.31 bits per heavy atom. The molecule has 0 radical (unpaired) electrons. The Balaban J connectivity index is 2.05. The Bertz CT molecular complexity index is 832. The molecule has 0 spiro atoms. The van der Waals surface area contributed by atoms with Crippen LogP contribution in [0, 0.1) is 0 Å². The van der Waals surface area contributed by atoms with Gasteiger partial charge in [-0.2, -0.15) is 13.2 Å². The van der Waals surface area contributed by atoms with Crippen molar-refractivity contribution < 1.29 is 26.3 Å². The smallest absolute Gasteiger partial charge is 0.383 e. The molecule has 2 saturated heterocycles. The summed E-state index contributed by atoms with van der Waals surface area (Å²) >= 11 is 11.6. The summed E-state index contributed by atoms with van der Waals surface area (Å²) in [4.78, 5) is 3.14. The van der Waals surface area contributed by atoms with Crippen LogP contribution in [0.5, 0.6) is 0 Å². The van der Waals surface area contributed by atoms with Crippen LogP contribution >= 0.6 is 23.8 Å². The molecule has 0 N–H and O–H groups in total. The van der Waals surface area contributed by atoms with E-state index in [1.807, 2.05) is 0 Å². The lowest BCUT2D eigenvalue weighted by Crippen LogP contribution is -2.39. The van der Waals surface area contributed by atoms with Gasteiger partial charge in [0.15, 0.2) is 14.9 Å². The van der Waals surface area contributed by atoms with Crippen LogP contribution in [-0.2, 0) is 20.8 Å². The summed E-state index contributed by atoms with van der Waals surface area (Å²) in [5.41, 5.74) is -0.800. The Kier molecular flexibility index (Phi) is 5.15. The molecule has 1 aromatic carbocycles. The van der Waals surface area contributed by atoms with E-state index in [1.54, 1.807) is 4.90 Å². The molecule has 3 rings (SSSR count). The van der Waals surface area contributed by atoms with E-state index in [0.717, 1.165) is 18.2 Å². The van der Waals surface area contributed by atoms with E-state index < -0.39 is 33.7 Å². The summed E-state index contributed by atoms with van der Waals surface area (Å²) in [5, 5.41) is 0.338. The van der Waals surface area contributed by atoms with Gasteiger partial charge in [-0.05, 0) is 30.4 Å². The van der Waals surface area contributed by atoms with Crippen LogP contribution in [0.2, 0.25) is 5.02 Å². The van der Waals surface area contributed by atoms with Crippen molar-refractivity contribution in [2.45, 2.75) is 18.3 Å². The van der Waals surface area contributed by atoms with E-state index in [9.17, 15) is 21.6 Å². The van der Waals surface area contributed by atoms with Gasteiger partial charge in [0.05, 0.1) is 46.5 Å². The number of rotatable bonds is 4. The monoisotopic (exact) mass is 428 g/mol. The van der Waals surface area contributed by atoms with Crippen molar-refractivity contribution in [2.24, 2.45) is 0 Å². The van der Waals surface area contributed by atoms with Crippen molar-refractivity contribution in [1.29, 1.82) is 0 Å². The summed E-state index contributed by atoms with van der Waals surface area (Å²) < 4.78 is 68.6. The number of sulfone groups is 1. The van der Waals surface area contributed by atoms with Gasteiger partial charge >= 0.3 is 6.18 Å². The highest BCUT2D eigenvalue weighted by Gasteiger charge is 2.52. The van der Waals surface area contributed by atoms with Crippen molar-refractivity contribution in [1.82, 2.24) is 4.90 Å². The molecule has 0 aliphatic carbocycles. The fourth-order valence-corrected chi connectivity index (χ4v) is 6.00. The third-order valence-corrected chi connectivity index (χ3v) is 7.00. The van der Waals surface area contributed by atoms with Crippen molar-refractivity contribution in [3.63, 3.8) is 0 Å². The zero-order valence-corrected chi connectivity index (χ0v) is 16.1. The number of halogens is 4. The average molecular weight is 429 g/mol. The number of nitrogens with zero attached hydrogens (tertiary/aromatic N) is 2. The van der Waals surface area contributed by atoms with E-state index in [0.29, 0.717) is 13.2 Å². The molecule has 0 saturated carbocycles. The van der Waals surface area contributed by atoms with E-state index in [1.165, 1.54) is 12.0 Å². The third-order valence-electron chi connectivity index (χ3n) is 4.55. The zero-order chi connectivity index (χ0) is 19.3. The van der Waals surface area contributed by atoms with Crippen molar-refractivity contribution >= 4 is 44.5 Å². The number of ether oxygens (including phenoxy) is 1. The van der Waals surface area contributed by atoms with Crippen molar-refractivity contribution in [3.05, 3.63) is 28.8 Å². The molecule has 144 valence electrons. The van der Waals surface area contributed by atoms with Gasteiger partial charge in [-0.3, -0.25) is 0 Å². The summed E-state index contributed by atoms with van der Waals surface area (Å²) in [5.74, 6) is -0.289. The molecule has 2 heterocycles. The molecule has 5 nitrogen and oxygen atoms in total. The number of methoxy groups -OCH3 is 1. The molecule has 1 aromatic rings. The highest BCUT2D eigenvalue weighted by atomic mass is 35.5. The van der Waals surface area contributed by atoms with Gasteiger partial charge in [-0.1, -0.05) is 11.6 Å². The highest BCUT2D eigenvalue weighted by Crippen LogP contribution is 2.41. The lowest BCUT2D eigenvalue weighted by atomic mass is 10.1. The summed E-state index contributed by atoms with van der Waals surface area (Å²) in [6.45, 7) is 0.659. The molecule has 11 heteroatoms. The molecule has 0 aromatic heterocycles. The van der Waals surface area contributed by atoms with Gasteiger partial charge in [0.25, 0.3) is 0 Å². The van der Waals surface area contributed by atoms with Crippen LogP contribution in [0.1, 0.15) is 5.56 Å². The molecule has 2 aliphatic rings. The van der Waals surface area contributed by atoms with Crippen molar-refractivity contribution in [2.75, 3.05) is 36.7 Å². The maximum atomic E-state index is 13.1. The first-order valence-electron chi connectivity index (χ1n) is 7.71. The Morgan fingerprint density at radius 2 is 1.96 bits per heavy atom. The van der Waals surface area contributed by atoms with Crippen LogP contribution < -0.4 is 4.90 Å².